The molecule has 0 saturated heterocycles. The lowest BCUT2D eigenvalue weighted by Gasteiger charge is -2.31. The predicted molar refractivity (Wildman–Crippen MR) is 64.9 cm³/mol. The van der Waals surface area contributed by atoms with Gasteiger partial charge in [-0.15, -0.1) is 0 Å². The summed E-state index contributed by atoms with van der Waals surface area (Å²) < 4.78 is 0. The van der Waals surface area contributed by atoms with E-state index in [-0.39, 0.29) is 0 Å². The normalized spacial score (nSPS) is 18.2. The summed E-state index contributed by atoms with van der Waals surface area (Å²) >= 11 is 0. The molecule has 0 aromatic heterocycles. The van der Waals surface area contributed by atoms with Gasteiger partial charge in [-0.25, -0.2) is 0 Å². The lowest BCUT2D eigenvalue weighted by molar-refractivity contribution is 0.0327. The van der Waals surface area contributed by atoms with Gasteiger partial charge in [-0.3, -0.25) is 0 Å². The van der Waals surface area contributed by atoms with E-state index in [9.17, 15) is 5.11 Å². The Morgan fingerprint density at radius 3 is 2.20 bits per heavy atom. The van der Waals surface area contributed by atoms with Gasteiger partial charge in [0.2, 0.25) is 0 Å². The van der Waals surface area contributed by atoms with Crippen molar-refractivity contribution in [1.29, 1.82) is 0 Å². The van der Waals surface area contributed by atoms with E-state index >= 15 is 0 Å². The van der Waals surface area contributed by atoms with Crippen LogP contribution in [-0.2, 0) is 0 Å². The molecule has 92 valence electrons. The second-order valence-corrected chi connectivity index (χ2v) is 5.04. The zero-order valence-electron chi connectivity index (χ0n) is 10.8. The fourth-order valence-electron chi connectivity index (χ4n) is 1.45. The fraction of sp³-hybridized carbons (Fsp3) is 1.00. The van der Waals surface area contributed by atoms with Crippen LogP contribution in [0.15, 0.2) is 0 Å². The number of aliphatic hydroxyl groups is 1. The molecule has 0 radical (unpaired) electrons. The molecular weight excluding hydrogens is 190 g/mol. The van der Waals surface area contributed by atoms with Crippen molar-refractivity contribution in [3.8, 4) is 0 Å². The maximum atomic E-state index is 9.86. The first kappa shape index (κ1) is 14.8. The topological polar surface area (TPSA) is 52.7 Å². The molecule has 0 saturated carbocycles. The van der Waals surface area contributed by atoms with Gasteiger partial charge in [0.25, 0.3) is 0 Å². The van der Waals surface area contributed by atoms with Crippen LogP contribution in [0.3, 0.4) is 0 Å². The molecule has 0 aliphatic rings. The third kappa shape index (κ3) is 6.84. The van der Waals surface area contributed by atoms with Crippen molar-refractivity contribution in [2.75, 3.05) is 40.8 Å². The third-order valence-corrected chi connectivity index (χ3v) is 2.83. The van der Waals surface area contributed by atoms with E-state index in [1.807, 2.05) is 0 Å². The molecule has 0 fully saturated rings. The monoisotopic (exact) mass is 217 g/mol. The molecule has 0 amide bonds. The smallest absolute Gasteiger partial charge is 0.0756 e. The summed E-state index contributed by atoms with van der Waals surface area (Å²) in [6, 6.07) is 0.350. The molecule has 0 aromatic rings. The standard InChI is InChI=1S/C11H27N3O/c1-10(8-11(2,15)9-12)14(5)7-6-13(3)4/h10,15H,6-9,12H2,1-5H3. The van der Waals surface area contributed by atoms with Crippen LogP contribution in [0, 0.1) is 0 Å². The second kappa shape index (κ2) is 6.43. The van der Waals surface area contributed by atoms with Gasteiger partial charge < -0.3 is 20.6 Å². The molecule has 0 aliphatic carbocycles. The highest BCUT2D eigenvalue weighted by Gasteiger charge is 2.23. The van der Waals surface area contributed by atoms with Crippen molar-refractivity contribution in [3.63, 3.8) is 0 Å². The molecule has 0 aromatic carbocycles. The molecule has 0 bridgehead atoms. The van der Waals surface area contributed by atoms with Gasteiger partial charge in [0.1, 0.15) is 0 Å². The van der Waals surface area contributed by atoms with Crippen molar-refractivity contribution in [1.82, 2.24) is 9.80 Å². The Balaban J connectivity index is 3.93. The maximum Gasteiger partial charge on any atom is 0.0756 e. The van der Waals surface area contributed by atoms with Gasteiger partial charge in [-0.05, 0) is 41.4 Å². The van der Waals surface area contributed by atoms with Gasteiger partial charge >= 0.3 is 0 Å². The van der Waals surface area contributed by atoms with Crippen LogP contribution in [0.2, 0.25) is 0 Å². The molecule has 0 spiro atoms. The van der Waals surface area contributed by atoms with E-state index < -0.39 is 5.60 Å². The van der Waals surface area contributed by atoms with Crippen molar-refractivity contribution in [2.24, 2.45) is 5.73 Å². The first-order valence-electron chi connectivity index (χ1n) is 5.56. The summed E-state index contributed by atoms with van der Waals surface area (Å²) in [7, 11) is 6.21. The highest BCUT2D eigenvalue weighted by atomic mass is 16.3. The van der Waals surface area contributed by atoms with Crippen molar-refractivity contribution >= 4 is 0 Å². The first-order valence-corrected chi connectivity index (χ1v) is 5.56. The Morgan fingerprint density at radius 1 is 1.27 bits per heavy atom. The molecule has 15 heavy (non-hydrogen) atoms. The molecule has 4 nitrogen and oxygen atoms in total. The SMILES string of the molecule is CC(CC(C)(O)CN)N(C)CCN(C)C. The zero-order chi connectivity index (χ0) is 12.1. The molecule has 0 rings (SSSR count). The Hall–Kier alpha value is -0.160. The molecular formula is C11H27N3O. The summed E-state index contributed by atoms with van der Waals surface area (Å²) in [4.78, 5) is 4.41. The van der Waals surface area contributed by atoms with E-state index in [4.69, 9.17) is 5.73 Å². The summed E-state index contributed by atoms with van der Waals surface area (Å²) in [5.41, 5.74) is 4.76. The number of hydrogen-bond acceptors (Lipinski definition) is 4. The zero-order valence-corrected chi connectivity index (χ0v) is 10.8. The minimum atomic E-state index is -0.744. The number of rotatable bonds is 7. The van der Waals surface area contributed by atoms with Crippen LogP contribution in [0.1, 0.15) is 20.3 Å². The minimum Gasteiger partial charge on any atom is -0.389 e. The molecule has 3 N–H and O–H groups in total. The molecule has 2 unspecified atom stereocenters. The third-order valence-electron chi connectivity index (χ3n) is 2.83. The molecule has 0 aliphatic heterocycles. The van der Waals surface area contributed by atoms with Crippen molar-refractivity contribution in [2.45, 2.75) is 31.9 Å². The quantitative estimate of drug-likeness (QED) is 0.629. The Labute approximate surface area is 94.0 Å². The average molecular weight is 217 g/mol. The van der Waals surface area contributed by atoms with E-state index in [0.29, 0.717) is 19.0 Å². The summed E-state index contributed by atoms with van der Waals surface area (Å²) in [5.74, 6) is 0. The van der Waals surface area contributed by atoms with E-state index in [0.717, 1.165) is 13.1 Å². The highest BCUT2D eigenvalue weighted by molar-refractivity contribution is 4.79. The van der Waals surface area contributed by atoms with Crippen LogP contribution in [0.25, 0.3) is 0 Å². The van der Waals surface area contributed by atoms with E-state index in [2.05, 4.69) is 37.9 Å². The molecule has 2 atom stereocenters. The number of nitrogens with zero attached hydrogens (tertiary/aromatic N) is 2. The lowest BCUT2D eigenvalue weighted by Crippen LogP contribution is -2.43. The fourth-order valence-corrected chi connectivity index (χ4v) is 1.45. The summed E-state index contributed by atoms with van der Waals surface area (Å²) in [6.45, 7) is 6.28. The van der Waals surface area contributed by atoms with Crippen LogP contribution >= 0.6 is 0 Å². The Bertz CT molecular complexity index is 171. The van der Waals surface area contributed by atoms with Crippen LogP contribution < -0.4 is 5.73 Å². The van der Waals surface area contributed by atoms with E-state index in [1.165, 1.54) is 0 Å². The molecule has 0 heterocycles. The Kier molecular flexibility index (Phi) is 6.36. The van der Waals surface area contributed by atoms with Crippen LogP contribution in [-0.4, -0.2) is 67.3 Å². The maximum absolute atomic E-state index is 9.86. The van der Waals surface area contributed by atoms with Crippen LogP contribution in [0.5, 0.6) is 0 Å². The van der Waals surface area contributed by atoms with Gasteiger partial charge in [-0.1, -0.05) is 0 Å². The summed E-state index contributed by atoms with van der Waals surface area (Å²) in [6.07, 6.45) is 0.716. The largest absolute Gasteiger partial charge is 0.389 e. The average Bonchev–Trinajstić information content (AvgIpc) is 2.13. The number of nitrogens with two attached hydrogens (primary N) is 1. The van der Waals surface area contributed by atoms with Gasteiger partial charge in [0.05, 0.1) is 5.60 Å². The van der Waals surface area contributed by atoms with Gasteiger partial charge in [-0.2, -0.15) is 0 Å². The predicted octanol–water partition coefficient (Wildman–Crippen LogP) is -0.0319. The minimum absolute atomic E-state index is 0.318. The Morgan fingerprint density at radius 2 is 1.80 bits per heavy atom. The second-order valence-electron chi connectivity index (χ2n) is 5.04. The highest BCUT2D eigenvalue weighted by Crippen LogP contribution is 2.13. The van der Waals surface area contributed by atoms with Crippen molar-refractivity contribution in [3.05, 3.63) is 0 Å². The first-order chi connectivity index (χ1) is 6.78. The van der Waals surface area contributed by atoms with Crippen LogP contribution in [0.4, 0.5) is 0 Å². The number of hydrogen-bond donors (Lipinski definition) is 2. The van der Waals surface area contributed by atoms with Gasteiger partial charge in [0.15, 0.2) is 0 Å². The lowest BCUT2D eigenvalue weighted by atomic mass is 9.97. The van der Waals surface area contributed by atoms with E-state index in [1.54, 1.807) is 6.92 Å². The summed E-state index contributed by atoms with van der Waals surface area (Å²) in [5, 5.41) is 9.86. The molecule has 4 heteroatoms. The van der Waals surface area contributed by atoms with Gasteiger partial charge in [0, 0.05) is 25.7 Å². The van der Waals surface area contributed by atoms with Crippen molar-refractivity contribution < 1.29 is 5.11 Å². The number of likely N-dealkylation sites (N-methyl/N-ethyl adjacent to an activating group) is 2.